The van der Waals surface area contributed by atoms with E-state index in [0.29, 0.717) is 0 Å². The summed E-state index contributed by atoms with van der Waals surface area (Å²) in [5.41, 5.74) is 0. The summed E-state index contributed by atoms with van der Waals surface area (Å²) in [6, 6.07) is 0. The molecule has 0 N–H and O–H groups in total. The van der Waals surface area contributed by atoms with Crippen LogP contribution >= 0.6 is 40.8 Å². The molecule has 0 aromatic carbocycles. The van der Waals surface area contributed by atoms with E-state index in [0.717, 1.165) is 0 Å². The van der Waals surface area contributed by atoms with Crippen molar-refractivity contribution in [1.82, 2.24) is 0 Å². The van der Waals surface area contributed by atoms with Crippen molar-refractivity contribution < 1.29 is 13.3 Å². The average Bonchev–Trinajstić information content (AvgIpc) is 2.07. The molecular formula is C8H20Cl4NNi. The van der Waals surface area contributed by atoms with Gasteiger partial charge < -0.3 is 4.48 Å². The monoisotopic (exact) mass is 328 g/mol. The fourth-order valence-electron chi connectivity index (χ4n) is 1.34. The fraction of sp³-hybridized carbons (Fsp3) is 1.00. The number of quaternary nitrogens is 1. The van der Waals surface area contributed by atoms with Crippen LogP contribution in [0.15, 0.2) is 0 Å². The van der Waals surface area contributed by atoms with Crippen LogP contribution in [0.1, 0.15) is 27.7 Å². The van der Waals surface area contributed by atoms with Crippen LogP contribution in [0.5, 0.6) is 0 Å². The van der Waals surface area contributed by atoms with Gasteiger partial charge in [0.2, 0.25) is 0 Å². The summed E-state index contributed by atoms with van der Waals surface area (Å²) in [6.45, 7) is 14.2. The minimum absolute atomic E-state index is 1.28. The Balaban J connectivity index is 0. The van der Waals surface area contributed by atoms with Crippen molar-refractivity contribution in [1.29, 1.82) is 0 Å². The van der Waals surface area contributed by atoms with Crippen LogP contribution in [0.4, 0.5) is 0 Å². The summed E-state index contributed by atoms with van der Waals surface area (Å²) >= 11 is 0. The Hall–Kier alpha value is 1.61. The van der Waals surface area contributed by atoms with Gasteiger partial charge in [0.25, 0.3) is 0 Å². The van der Waals surface area contributed by atoms with E-state index in [1.54, 1.807) is 0 Å². The van der Waals surface area contributed by atoms with E-state index >= 15 is 0 Å². The third-order valence-electron chi connectivity index (χ3n) is 2.68. The molecule has 0 aliphatic carbocycles. The number of halogens is 4. The van der Waals surface area contributed by atoms with Gasteiger partial charge in [-0.2, -0.15) is 0 Å². The molecule has 0 fully saturated rings. The Kier molecular flexibility index (Phi) is 11.2. The van der Waals surface area contributed by atoms with Crippen LogP contribution in [0, 0.1) is 0 Å². The molecule has 0 saturated carbocycles. The van der Waals surface area contributed by atoms with E-state index in [2.05, 4.69) is 27.7 Å². The quantitative estimate of drug-likeness (QED) is 0.520. The van der Waals surface area contributed by atoms with Crippen molar-refractivity contribution in [3.63, 3.8) is 0 Å². The molecule has 95 valence electrons. The Labute approximate surface area is 107 Å². The third kappa shape index (κ3) is 11.7. The van der Waals surface area contributed by atoms with E-state index in [-0.39, 0.29) is 0 Å². The number of nitrogens with zero attached hydrogens (tertiary/aromatic N) is 1. The first-order chi connectivity index (χ1) is 6.24. The van der Waals surface area contributed by atoms with Crippen molar-refractivity contribution in [3.05, 3.63) is 0 Å². The van der Waals surface area contributed by atoms with Gasteiger partial charge in [-0.25, -0.2) is 0 Å². The summed E-state index contributed by atoms with van der Waals surface area (Å²) in [7, 11) is 17.3. The number of hydrogen-bond acceptors (Lipinski definition) is 0. The Bertz CT molecular complexity index is 110. The van der Waals surface area contributed by atoms with E-state index in [9.17, 15) is 0 Å². The summed E-state index contributed by atoms with van der Waals surface area (Å²) in [6.07, 6.45) is 0. The molecule has 1 nitrogen and oxygen atoms in total. The van der Waals surface area contributed by atoms with E-state index in [1.165, 1.54) is 30.7 Å². The second kappa shape index (κ2) is 8.73. The Morgan fingerprint density at radius 1 is 0.714 bits per heavy atom. The van der Waals surface area contributed by atoms with Crippen molar-refractivity contribution >= 4 is 40.8 Å². The molecule has 0 unspecified atom stereocenters. The molecule has 0 radical (unpaired) electrons. The summed E-state index contributed by atoms with van der Waals surface area (Å²) in [4.78, 5) is 0. The van der Waals surface area contributed by atoms with Crippen LogP contribution in [0.3, 0.4) is 0 Å². The van der Waals surface area contributed by atoms with Crippen molar-refractivity contribution in [2.24, 2.45) is 0 Å². The predicted octanol–water partition coefficient (Wildman–Crippen LogP) is 4.64. The molecule has 0 aliphatic rings. The second-order valence-electron chi connectivity index (χ2n) is 2.88. The van der Waals surface area contributed by atoms with Gasteiger partial charge in [0, 0.05) is 0 Å². The van der Waals surface area contributed by atoms with Gasteiger partial charge in [0.1, 0.15) is 0 Å². The van der Waals surface area contributed by atoms with Gasteiger partial charge in [-0.1, -0.05) is 0 Å². The third-order valence-corrected chi connectivity index (χ3v) is 2.68. The first-order valence-electron chi connectivity index (χ1n) is 4.57. The van der Waals surface area contributed by atoms with Gasteiger partial charge in [-0.15, -0.1) is 0 Å². The number of rotatable bonds is 4. The zero-order valence-corrected chi connectivity index (χ0v) is 13.1. The summed E-state index contributed by atoms with van der Waals surface area (Å²) in [5.74, 6) is 0. The van der Waals surface area contributed by atoms with Gasteiger partial charge in [0.15, 0.2) is 0 Å². The fourth-order valence-corrected chi connectivity index (χ4v) is 1.34. The molecule has 0 spiro atoms. The molecule has 0 aromatic rings. The molecule has 14 heavy (non-hydrogen) atoms. The maximum atomic E-state index is 4.92. The molecule has 0 aliphatic heterocycles. The van der Waals surface area contributed by atoms with Crippen LogP contribution in [0.2, 0.25) is 0 Å². The first kappa shape index (κ1) is 18.0. The van der Waals surface area contributed by atoms with E-state index in [1.807, 2.05) is 0 Å². The standard InChI is InChI=1S/C8H20N.4ClH.Ni/c1-5-9(6-2,7-3)8-4;;;;;/h5-8H2,1-4H3;4*1H;/q+1;;;;;+3/p-4. The Morgan fingerprint density at radius 2 is 0.857 bits per heavy atom. The molecule has 0 atom stereocenters. The first-order valence-corrected chi connectivity index (χ1v) is 10.0. The molecule has 0 heterocycles. The summed E-state index contributed by atoms with van der Waals surface area (Å²) in [5, 5.41) is 0. The van der Waals surface area contributed by atoms with Gasteiger partial charge in [-0.05, 0) is 27.7 Å². The second-order valence-corrected chi connectivity index (χ2v) is 12.7. The number of hydrogen-bond donors (Lipinski definition) is 0. The molecule has 0 aromatic heterocycles. The summed E-state index contributed by atoms with van der Waals surface area (Å²) < 4.78 is 1.28. The molecule has 0 rings (SSSR count). The molecular weight excluding hydrogens is 311 g/mol. The van der Waals surface area contributed by atoms with Crippen LogP contribution < -0.4 is 0 Å². The molecule has 0 saturated heterocycles. The topological polar surface area (TPSA) is 0 Å². The minimum atomic E-state index is -2.36. The SMILES string of the molecule is CC[N+](CC)(CC)CC.[Cl][Ni-]([Cl])([Cl])[Cl]. The van der Waals surface area contributed by atoms with Gasteiger partial charge >= 0.3 is 49.6 Å². The molecule has 0 amide bonds. The Morgan fingerprint density at radius 3 is 0.857 bits per heavy atom. The molecule has 6 heteroatoms. The van der Waals surface area contributed by atoms with Crippen molar-refractivity contribution in [3.8, 4) is 0 Å². The normalized spacial score (nSPS) is 13.1. The van der Waals surface area contributed by atoms with Crippen molar-refractivity contribution in [2.45, 2.75) is 27.7 Å². The van der Waals surface area contributed by atoms with Crippen molar-refractivity contribution in [2.75, 3.05) is 26.2 Å². The van der Waals surface area contributed by atoms with Gasteiger partial charge in [-0.3, -0.25) is 0 Å². The zero-order valence-electron chi connectivity index (χ0n) is 9.10. The predicted molar refractivity (Wildman–Crippen MR) is 65.8 cm³/mol. The average molecular weight is 331 g/mol. The van der Waals surface area contributed by atoms with E-state index < -0.39 is 8.82 Å². The van der Waals surface area contributed by atoms with E-state index in [4.69, 9.17) is 40.8 Å². The van der Waals surface area contributed by atoms with Gasteiger partial charge in [0.05, 0.1) is 26.2 Å². The maximum absolute atomic E-state index is 4.92. The van der Waals surface area contributed by atoms with Crippen LogP contribution in [-0.2, 0) is 8.82 Å². The van der Waals surface area contributed by atoms with Crippen LogP contribution in [-0.4, -0.2) is 30.7 Å². The van der Waals surface area contributed by atoms with Crippen LogP contribution in [0.25, 0.3) is 0 Å². The zero-order chi connectivity index (χ0) is 11.8. The molecule has 0 bridgehead atoms.